The molecule has 1 unspecified atom stereocenters. The van der Waals surface area contributed by atoms with Crippen molar-refractivity contribution in [2.75, 3.05) is 0 Å². The van der Waals surface area contributed by atoms with Crippen molar-refractivity contribution >= 4 is 37.6 Å². The second-order valence-electron chi connectivity index (χ2n) is 3.99. The van der Waals surface area contributed by atoms with Crippen LogP contribution < -0.4 is 4.74 Å². The maximum absolute atomic E-state index is 13.3. The lowest BCUT2D eigenvalue weighted by Crippen LogP contribution is -2.03. The molecule has 2 rings (SSSR count). The molecule has 0 aromatic heterocycles. The van der Waals surface area contributed by atoms with Crippen LogP contribution in [0.3, 0.4) is 0 Å². The minimum absolute atomic E-state index is 0.00463. The molecule has 0 aliphatic heterocycles. The molecule has 1 N–H and O–H groups in total. The molecule has 112 valence electrons. The van der Waals surface area contributed by atoms with Crippen molar-refractivity contribution in [3.8, 4) is 11.5 Å². The number of benzene rings is 2. The van der Waals surface area contributed by atoms with Crippen LogP contribution >= 0.6 is 27.5 Å². The van der Waals surface area contributed by atoms with Gasteiger partial charge in [0, 0.05) is 5.56 Å². The van der Waals surface area contributed by atoms with E-state index in [0.29, 0.717) is 5.75 Å². The van der Waals surface area contributed by atoms with E-state index < -0.39 is 20.6 Å². The Hall–Kier alpha value is -1.15. The fourth-order valence-electron chi connectivity index (χ4n) is 1.63. The molecule has 8 heteroatoms. The average Bonchev–Trinajstić information content (AvgIpc) is 2.40. The lowest BCUT2D eigenvalue weighted by Gasteiger charge is -2.14. The van der Waals surface area contributed by atoms with E-state index in [1.165, 1.54) is 0 Å². The normalized spacial score (nSPS) is 13.0. The SMILES string of the molecule is O=S(=O)(O)c1ccc(C(F)Cl)c(Br)c1Oc1ccccc1. The van der Waals surface area contributed by atoms with Gasteiger partial charge < -0.3 is 4.74 Å². The predicted molar refractivity (Wildman–Crippen MR) is 80.2 cm³/mol. The second-order valence-corrected chi connectivity index (χ2v) is 6.55. The summed E-state index contributed by atoms with van der Waals surface area (Å²) < 4.78 is 50.8. The topological polar surface area (TPSA) is 63.6 Å². The van der Waals surface area contributed by atoms with E-state index in [4.69, 9.17) is 16.3 Å². The zero-order valence-electron chi connectivity index (χ0n) is 10.3. The Balaban J connectivity index is 2.62. The molecule has 0 saturated heterocycles. The molecule has 4 nitrogen and oxygen atoms in total. The van der Waals surface area contributed by atoms with Gasteiger partial charge >= 0.3 is 0 Å². The van der Waals surface area contributed by atoms with E-state index >= 15 is 0 Å². The second kappa shape index (κ2) is 6.31. The smallest absolute Gasteiger partial charge is 0.298 e. The summed E-state index contributed by atoms with van der Waals surface area (Å²) in [6, 6.07) is 10.5. The Labute approximate surface area is 134 Å². The van der Waals surface area contributed by atoms with Gasteiger partial charge in [-0.1, -0.05) is 35.9 Å². The maximum Gasteiger partial charge on any atom is 0.298 e. The number of hydrogen-bond acceptors (Lipinski definition) is 3. The summed E-state index contributed by atoms with van der Waals surface area (Å²) in [5, 5.41) is 0. The van der Waals surface area contributed by atoms with Gasteiger partial charge in [-0.25, -0.2) is 4.39 Å². The first kappa shape index (κ1) is 16.2. The van der Waals surface area contributed by atoms with Gasteiger partial charge in [0.15, 0.2) is 11.4 Å². The minimum atomic E-state index is -4.54. The molecule has 0 saturated carbocycles. The van der Waals surface area contributed by atoms with Crippen molar-refractivity contribution in [3.63, 3.8) is 0 Å². The molecule has 2 aromatic rings. The Morgan fingerprint density at radius 1 is 1.19 bits per heavy atom. The van der Waals surface area contributed by atoms with Crippen LogP contribution in [0.15, 0.2) is 51.8 Å². The van der Waals surface area contributed by atoms with Gasteiger partial charge in [0.05, 0.1) is 4.47 Å². The van der Waals surface area contributed by atoms with Gasteiger partial charge in [0.25, 0.3) is 10.1 Å². The molecule has 2 aromatic carbocycles. The van der Waals surface area contributed by atoms with Crippen LogP contribution in [0.1, 0.15) is 11.2 Å². The fourth-order valence-corrected chi connectivity index (χ4v) is 3.32. The molecule has 0 aliphatic rings. The van der Waals surface area contributed by atoms with E-state index in [9.17, 15) is 17.4 Å². The lowest BCUT2D eigenvalue weighted by molar-refractivity contribution is 0.435. The Morgan fingerprint density at radius 3 is 2.33 bits per heavy atom. The number of ether oxygens (including phenoxy) is 1. The molecular formula is C13H9BrClFO4S. The van der Waals surface area contributed by atoms with E-state index in [1.54, 1.807) is 30.3 Å². The number of halogens is 3. The van der Waals surface area contributed by atoms with Crippen molar-refractivity contribution in [2.24, 2.45) is 0 Å². The summed E-state index contributed by atoms with van der Waals surface area (Å²) >= 11 is 8.44. The number of para-hydroxylation sites is 1. The number of hydrogen-bond donors (Lipinski definition) is 1. The zero-order valence-corrected chi connectivity index (χ0v) is 13.5. The molecule has 0 radical (unpaired) electrons. The highest BCUT2D eigenvalue weighted by molar-refractivity contribution is 9.10. The first-order valence-electron chi connectivity index (χ1n) is 5.61. The fraction of sp³-hybridized carbons (Fsp3) is 0.0769. The highest BCUT2D eigenvalue weighted by Gasteiger charge is 2.24. The molecule has 0 fully saturated rings. The molecule has 0 amide bonds. The summed E-state index contributed by atoms with van der Waals surface area (Å²) in [6.07, 6.45) is 0. The van der Waals surface area contributed by atoms with E-state index in [0.717, 1.165) is 12.1 Å². The van der Waals surface area contributed by atoms with E-state index in [-0.39, 0.29) is 15.8 Å². The van der Waals surface area contributed by atoms with Gasteiger partial charge in [-0.15, -0.1) is 0 Å². The highest BCUT2D eigenvalue weighted by atomic mass is 79.9. The third kappa shape index (κ3) is 3.74. The van der Waals surface area contributed by atoms with Crippen molar-refractivity contribution in [1.29, 1.82) is 0 Å². The van der Waals surface area contributed by atoms with Crippen molar-refractivity contribution < 1.29 is 22.1 Å². The summed E-state index contributed by atoms with van der Waals surface area (Å²) in [5.41, 5.74) is -1.86. The summed E-state index contributed by atoms with van der Waals surface area (Å²) in [7, 11) is -4.54. The number of rotatable bonds is 4. The maximum atomic E-state index is 13.3. The van der Waals surface area contributed by atoms with Gasteiger partial charge in [-0.05, 0) is 34.1 Å². The quantitative estimate of drug-likeness (QED) is 0.602. The van der Waals surface area contributed by atoms with Crippen molar-refractivity contribution in [2.45, 2.75) is 10.5 Å². The van der Waals surface area contributed by atoms with Gasteiger partial charge in [0.1, 0.15) is 10.6 Å². The summed E-state index contributed by atoms with van der Waals surface area (Å²) in [5.74, 6) is 0.0923. The van der Waals surface area contributed by atoms with Crippen LogP contribution in [-0.4, -0.2) is 13.0 Å². The summed E-state index contributed by atoms with van der Waals surface area (Å²) in [4.78, 5) is -0.487. The first-order chi connectivity index (χ1) is 9.80. The Bertz CT molecular complexity index is 750. The minimum Gasteiger partial charge on any atom is -0.455 e. The summed E-state index contributed by atoms with van der Waals surface area (Å²) in [6.45, 7) is 0. The molecule has 0 spiro atoms. The standard InChI is InChI=1S/C13H9BrClFO4S/c14-11-9(13(15)16)6-7-10(21(17,18)19)12(11)20-8-4-2-1-3-5-8/h1-7,13H,(H,17,18,19). The van der Waals surface area contributed by atoms with Crippen molar-refractivity contribution in [1.82, 2.24) is 0 Å². The van der Waals surface area contributed by atoms with Gasteiger partial charge in [-0.3, -0.25) is 4.55 Å². The Morgan fingerprint density at radius 2 is 1.81 bits per heavy atom. The average molecular weight is 396 g/mol. The molecule has 1 atom stereocenters. The van der Waals surface area contributed by atoms with Crippen molar-refractivity contribution in [3.05, 3.63) is 52.5 Å². The molecule has 0 aliphatic carbocycles. The van der Waals surface area contributed by atoms with Crippen LogP contribution in [0.5, 0.6) is 11.5 Å². The van der Waals surface area contributed by atoms with E-state index in [2.05, 4.69) is 15.9 Å². The Kier molecular flexibility index (Phi) is 4.88. The van der Waals surface area contributed by atoms with Crippen LogP contribution in [0.2, 0.25) is 0 Å². The molecule has 21 heavy (non-hydrogen) atoms. The number of alkyl halides is 2. The monoisotopic (exact) mass is 394 g/mol. The van der Waals surface area contributed by atoms with Crippen LogP contribution in [-0.2, 0) is 10.1 Å². The third-order valence-corrected chi connectivity index (χ3v) is 4.50. The molecule has 0 bridgehead atoms. The largest absolute Gasteiger partial charge is 0.455 e. The third-order valence-electron chi connectivity index (χ3n) is 2.57. The van der Waals surface area contributed by atoms with Gasteiger partial charge in [-0.2, -0.15) is 8.42 Å². The van der Waals surface area contributed by atoms with Gasteiger partial charge in [0.2, 0.25) is 0 Å². The molecular weight excluding hydrogens is 387 g/mol. The van der Waals surface area contributed by atoms with Crippen LogP contribution in [0.25, 0.3) is 0 Å². The van der Waals surface area contributed by atoms with Crippen LogP contribution in [0, 0.1) is 0 Å². The van der Waals surface area contributed by atoms with Crippen LogP contribution in [0.4, 0.5) is 4.39 Å². The highest BCUT2D eigenvalue weighted by Crippen LogP contribution is 2.41. The first-order valence-corrected chi connectivity index (χ1v) is 8.28. The zero-order chi connectivity index (χ0) is 15.6. The molecule has 0 heterocycles. The lowest BCUT2D eigenvalue weighted by atomic mass is 10.2. The van der Waals surface area contributed by atoms with E-state index in [1.807, 2.05) is 0 Å². The predicted octanol–water partition coefficient (Wildman–Crippen LogP) is 4.70.